The van der Waals surface area contributed by atoms with E-state index in [1.807, 2.05) is 53.4 Å². The Hall–Kier alpha value is -2.14. The van der Waals surface area contributed by atoms with Crippen molar-refractivity contribution in [3.63, 3.8) is 0 Å². The normalized spacial score (nSPS) is 17.4. The van der Waals surface area contributed by atoms with Crippen molar-refractivity contribution in [3.05, 3.63) is 59.7 Å². The molecule has 1 aliphatic heterocycles. The minimum absolute atomic E-state index is 0.0262. The topological polar surface area (TPSA) is 38.8 Å². The SMILES string of the molecule is COc1ccc(C2SCC(=O)N2Cc2ccccc2OC)cc1. The van der Waals surface area contributed by atoms with Crippen LogP contribution in [-0.4, -0.2) is 30.8 Å². The number of thioether (sulfide) groups is 1. The molecule has 5 heteroatoms. The minimum Gasteiger partial charge on any atom is -0.497 e. The van der Waals surface area contributed by atoms with Gasteiger partial charge in [-0.25, -0.2) is 0 Å². The van der Waals surface area contributed by atoms with E-state index in [9.17, 15) is 4.79 Å². The summed E-state index contributed by atoms with van der Waals surface area (Å²) in [6.45, 7) is 0.548. The zero-order valence-corrected chi connectivity index (χ0v) is 14.0. The summed E-state index contributed by atoms with van der Waals surface area (Å²) >= 11 is 1.65. The van der Waals surface area contributed by atoms with Crippen LogP contribution in [0.3, 0.4) is 0 Å². The molecule has 2 aromatic carbocycles. The van der Waals surface area contributed by atoms with Crippen LogP contribution in [0, 0.1) is 0 Å². The van der Waals surface area contributed by atoms with Crippen molar-refractivity contribution >= 4 is 17.7 Å². The smallest absolute Gasteiger partial charge is 0.234 e. The van der Waals surface area contributed by atoms with Gasteiger partial charge in [0.2, 0.25) is 5.91 Å². The van der Waals surface area contributed by atoms with Gasteiger partial charge in [0.1, 0.15) is 16.9 Å². The molecule has 23 heavy (non-hydrogen) atoms. The molecule has 0 aliphatic carbocycles. The van der Waals surface area contributed by atoms with Crippen LogP contribution in [0.4, 0.5) is 0 Å². The molecule has 0 saturated carbocycles. The fourth-order valence-corrected chi connectivity index (χ4v) is 3.87. The van der Waals surface area contributed by atoms with E-state index in [0.717, 1.165) is 22.6 Å². The first kappa shape index (κ1) is 15.7. The highest BCUT2D eigenvalue weighted by molar-refractivity contribution is 8.00. The molecule has 2 aromatic rings. The molecule has 0 bridgehead atoms. The van der Waals surface area contributed by atoms with Crippen molar-refractivity contribution < 1.29 is 14.3 Å². The third-order valence-corrected chi connectivity index (χ3v) is 5.16. The quantitative estimate of drug-likeness (QED) is 0.842. The molecule has 0 aromatic heterocycles. The number of carbonyl (C=O) groups is 1. The Labute approximate surface area is 140 Å². The maximum Gasteiger partial charge on any atom is 0.234 e. The van der Waals surface area contributed by atoms with E-state index in [4.69, 9.17) is 9.47 Å². The van der Waals surface area contributed by atoms with Gasteiger partial charge in [0, 0.05) is 5.56 Å². The predicted molar refractivity (Wildman–Crippen MR) is 91.7 cm³/mol. The molecular formula is C18H19NO3S. The summed E-state index contributed by atoms with van der Waals surface area (Å²) in [5, 5.41) is 0.0262. The third-order valence-electron chi connectivity index (χ3n) is 3.90. The van der Waals surface area contributed by atoms with Gasteiger partial charge in [-0.2, -0.15) is 0 Å². The summed E-state index contributed by atoms with van der Waals surface area (Å²) in [5.74, 6) is 2.29. The van der Waals surface area contributed by atoms with E-state index in [1.165, 1.54) is 0 Å². The summed E-state index contributed by atoms with van der Waals surface area (Å²) < 4.78 is 10.6. The number of nitrogens with zero attached hydrogens (tertiary/aromatic N) is 1. The van der Waals surface area contributed by atoms with Crippen LogP contribution in [0.25, 0.3) is 0 Å². The summed E-state index contributed by atoms with van der Waals surface area (Å²) in [6, 6.07) is 15.7. The summed E-state index contributed by atoms with van der Waals surface area (Å²) in [7, 11) is 3.30. The Bertz CT molecular complexity index is 687. The second kappa shape index (κ2) is 6.96. The van der Waals surface area contributed by atoms with Gasteiger partial charge >= 0.3 is 0 Å². The lowest BCUT2D eigenvalue weighted by atomic mass is 10.1. The number of ether oxygens (including phenoxy) is 2. The van der Waals surface area contributed by atoms with Crippen LogP contribution in [0.15, 0.2) is 48.5 Å². The molecule has 1 saturated heterocycles. The Morgan fingerprint density at radius 1 is 1.09 bits per heavy atom. The predicted octanol–water partition coefficient (Wildman–Crippen LogP) is 3.48. The van der Waals surface area contributed by atoms with Gasteiger partial charge in [0.05, 0.1) is 26.5 Å². The van der Waals surface area contributed by atoms with Crippen molar-refractivity contribution in [2.24, 2.45) is 0 Å². The highest BCUT2D eigenvalue weighted by Gasteiger charge is 2.33. The Balaban J connectivity index is 1.84. The summed E-state index contributed by atoms with van der Waals surface area (Å²) in [6.07, 6.45) is 0. The fourth-order valence-electron chi connectivity index (χ4n) is 2.69. The number of para-hydroxylation sites is 1. The molecule has 3 rings (SSSR count). The van der Waals surface area contributed by atoms with E-state index >= 15 is 0 Å². The van der Waals surface area contributed by atoms with E-state index in [0.29, 0.717) is 12.3 Å². The first-order chi connectivity index (χ1) is 11.2. The number of benzene rings is 2. The number of carbonyl (C=O) groups excluding carboxylic acids is 1. The third kappa shape index (κ3) is 3.29. The average Bonchev–Trinajstić information content (AvgIpc) is 2.96. The number of hydrogen-bond acceptors (Lipinski definition) is 4. The Morgan fingerprint density at radius 3 is 2.52 bits per heavy atom. The van der Waals surface area contributed by atoms with Crippen LogP contribution < -0.4 is 9.47 Å². The van der Waals surface area contributed by atoms with Gasteiger partial charge in [-0.15, -0.1) is 11.8 Å². The van der Waals surface area contributed by atoms with E-state index in [2.05, 4.69) is 0 Å². The second-order valence-corrected chi connectivity index (χ2v) is 6.34. The molecule has 0 N–H and O–H groups in total. The zero-order valence-electron chi connectivity index (χ0n) is 13.2. The number of methoxy groups -OCH3 is 2. The Kier molecular flexibility index (Phi) is 4.76. The van der Waals surface area contributed by atoms with Crippen LogP contribution in [0.1, 0.15) is 16.5 Å². The van der Waals surface area contributed by atoms with E-state index in [1.54, 1.807) is 26.0 Å². The van der Waals surface area contributed by atoms with Gasteiger partial charge in [-0.1, -0.05) is 30.3 Å². The maximum absolute atomic E-state index is 12.3. The molecule has 0 spiro atoms. The molecule has 1 aliphatic rings. The molecule has 0 radical (unpaired) electrons. The second-order valence-electron chi connectivity index (χ2n) is 5.27. The average molecular weight is 329 g/mol. The molecule has 1 atom stereocenters. The summed E-state index contributed by atoms with van der Waals surface area (Å²) in [4.78, 5) is 14.2. The molecule has 120 valence electrons. The van der Waals surface area contributed by atoms with Crippen molar-refractivity contribution in [1.82, 2.24) is 4.90 Å². The highest BCUT2D eigenvalue weighted by atomic mass is 32.2. The van der Waals surface area contributed by atoms with Crippen molar-refractivity contribution in [1.29, 1.82) is 0 Å². The number of rotatable bonds is 5. The fraction of sp³-hybridized carbons (Fsp3) is 0.278. The van der Waals surface area contributed by atoms with Crippen molar-refractivity contribution in [2.45, 2.75) is 11.9 Å². The van der Waals surface area contributed by atoms with Crippen molar-refractivity contribution in [3.8, 4) is 11.5 Å². The van der Waals surface area contributed by atoms with Crippen LogP contribution in [0.5, 0.6) is 11.5 Å². The van der Waals surface area contributed by atoms with Crippen molar-refractivity contribution in [2.75, 3.05) is 20.0 Å². The van der Waals surface area contributed by atoms with E-state index in [-0.39, 0.29) is 11.3 Å². The Morgan fingerprint density at radius 2 is 1.83 bits per heavy atom. The molecule has 1 unspecified atom stereocenters. The largest absolute Gasteiger partial charge is 0.497 e. The minimum atomic E-state index is 0.0262. The van der Waals surface area contributed by atoms with Gasteiger partial charge in [-0.05, 0) is 23.8 Å². The van der Waals surface area contributed by atoms with Crippen LogP contribution in [-0.2, 0) is 11.3 Å². The standard InChI is InChI=1S/C18H19NO3S/c1-21-15-9-7-13(8-10-15)18-19(17(20)12-23-18)11-14-5-3-4-6-16(14)22-2/h3-10,18H,11-12H2,1-2H3. The highest BCUT2D eigenvalue weighted by Crippen LogP contribution is 2.40. The lowest BCUT2D eigenvalue weighted by Crippen LogP contribution is -2.27. The van der Waals surface area contributed by atoms with Crippen LogP contribution in [0.2, 0.25) is 0 Å². The lowest BCUT2D eigenvalue weighted by molar-refractivity contribution is -0.128. The molecule has 1 amide bonds. The van der Waals surface area contributed by atoms with Gasteiger partial charge in [0.15, 0.2) is 0 Å². The monoisotopic (exact) mass is 329 g/mol. The first-order valence-electron chi connectivity index (χ1n) is 7.40. The summed E-state index contributed by atoms with van der Waals surface area (Å²) in [5.41, 5.74) is 2.13. The van der Waals surface area contributed by atoms with Gasteiger partial charge in [-0.3, -0.25) is 4.79 Å². The zero-order chi connectivity index (χ0) is 16.2. The maximum atomic E-state index is 12.3. The number of hydrogen-bond donors (Lipinski definition) is 0. The van der Waals surface area contributed by atoms with Gasteiger partial charge in [0.25, 0.3) is 0 Å². The molecule has 4 nitrogen and oxygen atoms in total. The number of amides is 1. The van der Waals surface area contributed by atoms with Gasteiger partial charge < -0.3 is 14.4 Å². The lowest BCUT2D eigenvalue weighted by Gasteiger charge is -2.25. The van der Waals surface area contributed by atoms with E-state index < -0.39 is 0 Å². The molecule has 1 fully saturated rings. The molecular weight excluding hydrogens is 310 g/mol. The van der Waals surface area contributed by atoms with Crippen LogP contribution >= 0.6 is 11.8 Å². The molecule has 1 heterocycles. The first-order valence-corrected chi connectivity index (χ1v) is 8.44.